The smallest absolute Gasteiger partial charge is 0.253 e. The van der Waals surface area contributed by atoms with Crippen LogP contribution in [0, 0.1) is 17.2 Å². The first-order valence-corrected chi connectivity index (χ1v) is 12.1. The Bertz CT molecular complexity index is 1070. The summed E-state index contributed by atoms with van der Waals surface area (Å²) in [6, 6.07) is 8.39. The number of amides is 3. The van der Waals surface area contributed by atoms with Crippen molar-refractivity contribution in [2.75, 3.05) is 27.2 Å². The van der Waals surface area contributed by atoms with E-state index in [0.717, 1.165) is 24.8 Å². The summed E-state index contributed by atoms with van der Waals surface area (Å²) < 4.78 is 0. The molecule has 9 nitrogen and oxygen atoms in total. The van der Waals surface area contributed by atoms with Crippen LogP contribution in [0.25, 0.3) is 0 Å². The Morgan fingerprint density at radius 1 is 1.26 bits per heavy atom. The van der Waals surface area contributed by atoms with Gasteiger partial charge in [-0.3, -0.25) is 19.3 Å². The summed E-state index contributed by atoms with van der Waals surface area (Å²) in [6.45, 7) is 3.00. The molecule has 34 heavy (non-hydrogen) atoms. The molecule has 4 aliphatic rings. The Hall–Kier alpha value is -2.96. The number of piperazine rings is 1. The van der Waals surface area contributed by atoms with Gasteiger partial charge in [0, 0.05) is 44.8 Å². The number of hydrogen-bond acceptors (Lipinski definition) is 6. The number of carbonyl (C=O) groups excluding carboxylic acids is 3. The van der Waals surface area contributed by atoms with E-state index in [1.165, 1.54) is 0 Å². The number of nitrogens with two attached hydrogens (primary N) is 1. The van der Waals surface area contributed by atoms with Crippen molar-refractivity contribution in [3.8, 4) is 6.07 Å². The summed E-state index contributed by atoms with van der Waals surface area (Å²) in [5, 5.41) is 9.39. The van der Waals surface area contributed by atoms with Gasteiger partial charge in [0.25, 0.3) is 5.91 Å². The van der Waals surface area contributed by atoms with Gasteiger partial charge in [-0.15, -0.1) is 0 Å². The number of carbonyl (C=O) groups is 3. The van der Waals surface area contributed by atoms with Gasteiger partial charge in [-0.05, 0) is 49.8 Å². The molecule has 1 aliphatic carbocycles. The Morgan fingerprint density at radius 2 is 2.03 bits per heavy atom. The molecule has 1 aromatic rings. The molecule has 1 aromatic carbocycles. The zero-order chi connectivity index (χ0) is 24.3. The van der Waals surface area contributed by atoms with Crippen molar-refractivity contribution >= 4 is 17.7 Å². The second kappa shape index (κ2) is 8.36. The van der Waals surface area contributed by atoms with Gasteiger partial charge in [0.15, 0.2) is 0 Å². The molecule has 4 fully saturated rings. The zero-order valence-electron chi connectivity index (χ0n) is 19.9. The van der Waals surface area contributed by atoms with E-state index >= 15 is 0 Å². The number of likely N-dealkylation sites (tertiary alicyclic amines) is 3. The molecule has 0 radical (unpaired) electrons. The Kier molecular flexibility index (Phi) is 5.61. The molecule has 0 unspecified atom stereocenters. The molecule has 2 N–H and O–H groups in total. The van der Waals surface area contributed by atoms with Crippen LogP contribution < -0.4 is 5.73 Å². The molecule has 0 aromatic heterocycles. The predicted octanol–water partition coefficient (Wildman–Crippen LogP) is 0.575. The summed E-state index contributed by atoms with van der Waals surface area (Å²) in [5.74, 6) is 0.263. The maximum atomic E-state index is 13.3. The molecular formula is C25H32N6O3. The fourth-order valence-corrected chi connectivity index (χ4v) is 6.16. The highest BCUT2D eigenvalue weighted by atomic mass is 16.2. The summed E-state index contributed by atoms with van der Waals surface area (Å²) >= 11 is 0. The fraction of sp³-hybridized carbons (Fsp3) is 0.600. The number of fused-ring (bicyclic) bond motifs is 3. The first-order chi connectivity index (χ1) is 16.2. The topological polar surface area (TPSA) is 114 Å². The maximum Gasteiger partial charge on any atom is 0.253 e. The quantitative estimate of drug-likeness (QED) is 0.659. The molecule has 2 bridgehead atoms. The Labute approximate surface area is 200 Å². The van der Waals surface area contributed by atoms with Crippen LogP contribution in [-0.2, 0) is 9.59 Å². The number of rotatable bonds is 6. The first-order valence-electron chi connectivity index (χ1n) is 12.1. The van der Waals surface area contributed by atoms with Crippen LogP contribution in [0.3, 0.4) is 0 Å². The maximum absolute atomic E-state index is 13.3. The van der Waals surface area contributed by atoms with Crippen molar-refractivity contribution in [1.29, 1.82) is 5.26 Å². The SMILES string of the molecule is C[C@H](c1cccc(C(=O)N(C)C)c1)N1C(=O)[C@@H]2C[C@H]1CN2C[C@H](N)C(=O)N1[C@H](C#N)C[C@@H]2C[C@@H]21. The fourth-order valence-electron chi connectivity index (χ4n) is 6.16. The molecular weight excluding hydrogens is 432 g/mol. The standard InChI is InChI=1S/C25H32N6O3/c1-14(15-5-4-6-16(7-15)23(32)28(2)3)30-19-10-22(25(30)34)29(12-19)13-20(27)24(33)31-18(11-26)8-17-9-21(17)31/h4-7,14,17-22H,8-10,12-13,27H2,1-3H3/t14-,17-,18+,19+,20+,21+,22+/m1/s1. The highest BCUT2D eigenvalue weighted by Gasteiger charge is 2.56. The zero-order valence-corrected chi connectivity index (χ0v) is 19.9. The molecule has 3 aliphatic heterocycles. The van der Waals surface area contributed by atoms with Crippen molar-refractivity contribution in [2.24, 2.45) is 11.7 Å². The lowest BCUT2D eigenvalue weighted by Crippen LogP contribution is -2.57. The third-order valence-corrected chi connectivity index (χ3v) is 8.01. The van der Waals surface area contributed by atoms with Crippen LogP contribution in [-0.4, -0.2) is 94.7 Å². The number of piperidine rings is 1. The van der Waals surface area contributed by atoms with Gasteiger partial charge in [0.1, 0.15) is 6.04 Å². The lowest BCUT2D eigenvalue weighted by Gasteiger charge is -2.38. The molecule has 0 spiro atoms. The third-order valence-electron chi connectivity index (χ3n) is 8.01. The molecule has 5 rings (SSSR count). The summed E-state index contributed by atoms with van der Waals surface area (Å²) in [6.07, 6.45) is 2.44. The second-order valence-electron chi connectivity index (χ2n) is 10.4. The van der Waals surface area contributed by atoms with Gasteiger partial charge in [0.2, 0.25) is 11.8 Å². The van der Waals surface area contributed by atoms with E-state index < -0.39 is 6.04 Å². The predicted molar refractivity (Wildman–Crippen MR) is 124 cm³/mol. The molecule has 1 saturated carbocycles. The van der Waals surface area contributed by atoms with Crippen LogP contribution in [0.15, 0.2) is 24.3 Å². The lowest BCUT2D eigenvalue weighted by molar-refractivity contribution is -0.141. The van der Waals surface area contributed by atoms with Gasteiger partial charge >= 0.3 is 0 Å². The normalized spacial score (nSPS) is 31.3. The number of benzene rings is 1. The Morgan fingerprint density at radius 3 is 2.71 bits per heavy atom. The number of nitrogens with zero attached hydrogens (tertiary/aromatic N) is 5. The molecule has 9 heteroatoms. The van der Waals surface area contributed by atoms with Crippen molar-refractivity contribution in [2.45, 2.75) is 62.4 Å². The monoisotopic (exact) mass is 464 g/mol. The minimum absolute atomic E-state index is 0.0473. The van der Waals surface area contributed by atoms with Gasteiger partial charge in [0.05, 0.1) is 24.2 Å². The van der Waals surface area contributed by atoms with Crippen molar-refractivity contribution in [3.63, 3.8) is 0 Å². The summed E-state index contributed by atoms with van der Waals surface area (Å²) in [4.78, 5) is 45.9. The molecule has 180 valence electrons. The first kappa shape index (κ1) is 22.8. The second-order valence-corrected chi connectivity index (χ2v) is 10.4. The highest BCUT2D eigenvalue weighted by Crippen LogP contribution is 2.48. The van der Waals surface area contributed by atoms with Crippen LogP contribution in [0.4, 0.5) is 0 Å². The van der Waals surface area contributed by atoms with Crippen LogP contribution in [0.1, 0.15) is 48.1 Å². The van der Waals surface area contributed by atoms with Crippen molar-refractivity contribution in [1.82, 2.24) is 19.6 Å². The van der Waals surface area contributed by atoms with E-state index in [1.807, 2.05) is 34.9 Å². The van der Waals surface area contributed by atoms with Gasteiger partial charge in [-0.1, -0.05) is 12.1 Å². The van der Waals surface area contributed by atoms with Crippen LogP contribution >= 0.6 is 0 Å². The minimum Gasteiger partial charge on any atom is -0.345 e. The summed E-state index contributed by atoms with van der Waals surface area (Å²) in [5.41, 5.74) is 7.84. The number of hydrogen-bond donors (Lipinski definition) is 1. The Balaban J connectivity index is 1.24. The van der Waals surface area contributed by atoms with E-state index in [2.05, 4.69) is 6.07 Å². The molecule has 3 amide bonds. The minimum atomic E-state index is -0.734. The summed E-state index contributed by atoms with van der Waals surface area (Å²) in [7, 11) is 3.44. The third kappa shape index (κ3) is 3.65. The van der Waals surface area contributed by atoms with Crippen molar-refractivity contribution in [3.05, 3.63) is 35.4 Å². The average Bonchev–Trinajstić information content (AvgIpc) is 3.15. The van der Waals surface area contributed by atoms with Crippen LogP contribution in [0.2, 0.25) is 0 Å². The molecule has 7 atom stereocenters. The van der Waals surface area contributed by atoms with E-state index in [0.29, 0.717) is 24.6 Å². The van der Waals surface area contributed by atoms with Gasteiger partial charge in [-0.2, -0.15) is 5.26 Å². The molecule has 3 saturated heterocycles. The highest BCUT2D eigenvalue weighted by molar-refractivity contribution is 5.94. The average molecular weight is 465 g/mol. The lowest BCUT2D eigenvalue weighted by atomic mass is 10.0. The number of nitriles is 1. The largest absolute Gasteiger partial charge is 0.345 e. The van der Waals surface area contributed by atoms with E-state index in [-0.39, 0.29) is 47.9 Å². The van der Waals surface area contributed by atoms with E-state index in [9.17, 15) is 19.6 Å². The van der Waals surface area contributed by atoms with E-state index in [4.69, 9.17) is 5.73 Å². The van der Waals surface area contributed by atoms with Crippen LogP contribution in [0.5, 0.6) is 0 Å². The van der Waals surface area contributed by atoms with E-state index in [1.54, 1.807) is 30.0 Å². The molecule has 3 heterocycles. The van der Waals surface area contributed by atoms with Gasteiger partial charge in [-0.25, -0.2) is 0 Å². The van der Waals surface area contributed by atoms with Crippen molar-refractivity contribution < 1.29 is 14.4 Å². The van der Waals surface area contributed by atoms with Gasteiger partial charge < -0.3 is 20.4 Å².